The number of nitrogens with one attached hydrogen (secondary N) is 2. The summed E-state index contributed by atoms with van der Waals surface area (Å²) in [5.74, 6) is -1.54. The molecule has 0 aliphatic rings. The van der Waals surface area contributed by atoms with Crippen LogP contribution in [-0.2, 0) is 9.59 Å². The number of carbonyl (C=O) groups is 3. The summed E-state index contributed by atoms with van der Waals surface area (Å²) in [6, 6.07) is 3.93. The first-order chi connectivity index (χ1) is 11.1. The molecule has 0 spiro atoms. The van der Waals surface area contributed by atoms with E-state index in [1.807, 2.05) is 13.8 Å². The van der Waals surface area contributed by atoms with Crippen LogP contribution < -0.4 is 10.6 Å². The van der Waals surface area contributed by atoms with Crippen molar-refractivity contribution >= 4 is 23.5 Å². The number of hydrogen-bond donors (Lipinski definition) is 3. The van der Waals surface area contributed by atoms with E-state index in [2.05, 4.69) is 10.6 Å². The molecule has 0 aromatic heterocycles. The van der Waals surface area contributed by atoms with Crippen molar-refractivity contribution in [3.05, 3.63) is 29.3 Å². The molecule has 3 N–H and O–H groups in total. The van der Waals surface area contributed by atoms with Crippen LogP contribution >= 0.6 is 0 Å². The minimum absolute atomic E-state index is 0.0731. The topological polar surface area (TPSA) is 95.5 Å². The maximum Gasteiger partial charge on any atom is 0.326 e. The molecular formula is C18H26N2O4. The normalized spacial score (nSPS) is 12.1. The van der Waals surface area contributed by atoms with E-state index in [1.54, 1.807) is 39.0 Å². The molecule has 1 aromatic carbocycles. The summed E-state index contributed by atoms with van der Waals surface area (Å²) in [5, 5.41) is 14.5. The summed E-state index contributed by atoms with van der Waals surface area (Å²) in [6.45, 7) is 9.19. The highest BCUT2D eigenvalue weighted by atomic mass is 16.4. The minimum atomic E-state index is -1.06. The van der Waals surface area contributed by atoms with Crippen molar-refractivity contribution < 1.29 is 19.5 Å². The monoisotopic (exact) mass is 334 g/mol. The number of carbonyl (C=O) groups excluding carboxylic acids is 2. The summed E-state index contributed by atoms with van der Waals surface area (Å²) < 4.78 is 0. The number of benzene rings is 1. The molecule has 0 aliphatic heterocycles. The van der Waals surface area contributed by atoms with Crippen LogP contribution in [0.5, 0.6) is 0 Å². The van der Waals surface area contributed by atoms with Crippen molar-refractivity contribution in [2.24, 2.45) is 11.8 Å². The van der Waals surface area contributed by atoms with Gasteiger partial charge in [0.05, 0.1) is 0 Å². The first-order valence-corrected chi connectivity index (χ1v) is 8.06. The molecule has 24 heavy (non-hydrogen) atoms. The number of carboxylic acids is 1. The van der Waals surface area contributed by atoms with Crippen molar-refractivity contribution in [1.29, 1.82) is 0 Å². The first kappa shape index (κ1) is 19.7. The van der Waals surface area contributed by atoms with Gasteiger partial charge in [-0.2, -0.15) is 0 Å². The molecule has 2 amide bonds. The molecule has 0 saturated heterocycles. The van der Waals surface area contributed by atoms with Crippen molar-refractivity contribution in [2.45, 2.75) is 47.1 Å². The Bertz CT molecular complexity index is 623. The van der Waals surface area contributed by atoms with E-state index >= 15 is 0 Å². The van der Waals surface area contributed by atoms with Gasteiger partial charge in [-0.05, 0) is 42.5 Å². The van der Waals surface area contributed by atoms with Gasteiger partial charge in [-0.25, -0.2) is 4.79 Å². The molecular weight excluding hydrogens is 308 g/mol. The minimum Gasteiger partial charge on any atom is -0.480 e. The van der Waals surface area contributed by atoms with E-state index in [-0.39, 0.29) is 17.7 Å². The van der Waals surface area contributed by atoms with Crippen LogP contribution in [0.15, 0.2) is 18.2 Å². The van der Waals surface area contributed by atoms with E-state index in [9.17, 15) is 14.4 Å². The Hall–Kier alpha value is -2.37. The number of amides is 2. The number of carboxylic acid groups (broad SMARTS) is 1. The van der Waals surface area contributed by atoms with Gasteiger partial charge in [0.25, 0.3) is 5.91 Å². The molecule has 0 fully saturated rings. The SMILES string of the molecule is Cc1cc(C(=O)N[C@@H](C(=O)O)C(C)C)ccc1NC(=O)CC(C)C. The van der Waals surface area contributed by atoms with Crippen molar-refractivity contribution in [3.63, 3.8) is 0 Å². The van der Waals surface area contributed by atoms with Crippen LogP contribution in [-0.4, -0.2) is 28.9 Å². The van der Waals surface area contributed by atoms with E-state index in [1.165, 1.54) is 0 Å². The van der Waals surface area contributed by atoms with Gasteiger partial charge < -0.3 is 15.7 Å². The fourth-order valence-corrected chi connectivity index (χ4v) is 2.26. The number of rotatable bonds is 7. The highest BCUT2D eigenvalue weighted by molar-refractivity contribution is 5.98. The van der Waals surface area contributed by atoms with Gasteiger partial charge in [0.15, 0.2) is 0 Å². The van der Waals surface area contributed by atoms with E-state index in [4.69, 9.17) is 5.11 Å². The third-order valence-electron chi connectivity index (χ3n) is 3.58. The second-order valence-corrected chi connectivity index (χ2v) is 6.71. The van der Waals surface area contributed by atoms with Crippen molar-refractivity contribution in [3.8, 4) is 0 Å². The van der Waals surface area contributed by atoms with Gasteiger partial charge in [0.1, 0.15) is 6.04 Å². The smallest absolute Gasteiger partial charge is 0.326 e. The summed E-state index contributed by atoms with van der Waals surface area (Å²) in [4.78, 5) is 35.2. The Balaban J connectivity index is 2.85. The maximum atomic E-state index is 12.2. The predicted octanol–water partition coefficient (Wildman–Crippen LogP) is 2.82. The molecule has 0 aliphatic carbocycles. The zero-order valence-electron chi connectivity index (χ0n) is 14.8. The van der Waals surface area contributed by atoms with Crippen LogP contribution in [0.25, 0.3) is 0 Å². The van der Waals surface area contributed by atoms with Crippen LogP contribution in [0.2, 0.25) is 0 Å². The highest BCUT2D eigenvalue weighted by Gasteiger charge is 2.24. The largest absolute Gasteiger partial charge is 0.480 e. The molecule has 1 atom stereocenters. The Morgan fingerprint density at radius 3 is 2.21 bits per heavy atom. The fraction of sp³-hybridized carbons (Fsp3) is 0.500. The molecule has 0 radical (unpaired) electrons. The zero-order chi connectivity index (χ0) is 18.4. The molecule has 1 rings (SSSR count). The second-order valence-electron chi connectivity index (χ2n) is 6.71. The van der Waals surface area contributed by atoms with Crippen LogP contribution in [0.3, 0.4) is 0 Å². The molecule has 0 bridgehead atoms. The Morgan fingerprint density at radius 2 is 1.75 bits per heavy atom. The number of aliphatic carboxylic acids is 1. The maximum absolute atomic E-state index is 12.2. The predicted molar refractivity (Wildman–Crippen MR) is 93.0 cm³/mol. The van der Waals surface area contributed by atoms with Gasteiger partial charge in [-0.15, -0.1) is 0 Å². The van der Waals surface area contributed by atoms with Gasteiger partial charge in [0, 0.05) is 17.7 Å². The van der Waals surface area contributed by atoms with Gasteiger partial charge in [-0.3, -0.25) is 9.59 Å². The summed E-state index contributed by atoms with van der Waals surface area (Å²) >= 11 is 0. The summed E-state index contributed by atoms with van der Waals surface area (Å²) in [6.07, 6.45) is 0.427. The number of anilines is 1. The number of aryl methyl sites for hydroxylation is 1. The Morgan fingerprint density at radius 1 is 1.12 bits per heavy atom. The van der Waals surface area contributed by atoms with E-state index in [0.717, 1.165) is 5.56 Å². The second kappa shape index (κ2) is 8.47. The number of hydrogen-bond acceptors (Lipinski definition) is 3. The van der Waals surface area contributed by atoms with Gasteiger partial charge in [0.2, 0.25) is 5.91 Å². The van der Waals surface area contributed by atoms with E-state index < -0.39 is 17.9 Å². The zero-order valence-corrected chi connectivity index (χ0v) is 14.8. The molecule has 0 saturated carbocycles. The van der Waals surface area contributed by atoms with Crippen molar-refractivity contribution in [2.75, 3.05) is 5.32 Å². The van der Waals surface area contributed by atoms with Crippen LogP contribution in [0.1, 0.15) is 50.0 Å². The molecule has 1 aromatic rings. The lowest BCUT2D eigenvalue weighted by Crippen LogP contribution is -2.44. The molecule has 6 heteroatoms. The molecule has 0 unspecified atom stereocenters. The van der Waals surface area contributed by atoms with Gasteiger partial charge >= 0.3 is 5.97 Å². The third-order valence-corrected chi connectivity index (χ3v) is 3.58. The summed E-state index contributed by atoms with van der Waals surface area (Å²) in [7, 11) is 0. The van der Waals surface area contributed by atoms with Crippen LogP contribution in [0.4, 0.5) is 5.69 Å². The fourth-order valence-electron chi connectivity index (χ4n) is 2.26. The lowest BCUT2D eigenvalue weighted by molar-refractivity contribution is -0.140. The Kier molecular flexibility index (Phi) is 6.95. The summed E-state index contributed by atoms with van der Waals surface area (Å²) in [5.41, 5.74) is 1.76. The third kappa shape index (κ3) is 5.68. The average Bonchev–Trinajstić information content (AvgIpc) is 2.44. The van der Waals surface area contributed by atoms with Crippen LogP contribution in [0, 0.1) is 18.8 Å². The lowest BCUT2D eigenvalue weighted by atomic mass is 10.0. The average molecular weight is 334 g/mol. The van der Waals surface area contributed by atoms with E-state index in [0.29, 0.717) is 17.7 Å². The standard InChI is InChI=1S/C18H26N2O4/c1-10(2)8-15(21)19-14-7-6-13(9-12(14)5)17(22)20-16(11(3)4)18(23)24/h6-7,9-11,16H,8H2,1-5H3,(H,19,21)(H,20,22)(H,23,24)/t16-/m1/s1. The lowest BCUT2D eigenvalue weighted by Gasteiger charge is -2.18. The molecule has 132 valence electrons. The molecule has 6 nitrogen and oxygen atoms in total. The highest BCUT2D eigenvalue weighted by Crippen LogP contribution is 2.18. The molecule has 0 heterocycles. The van der Waals surface area contributed by atoms with Gasteiger partial charge in [-0.1, -0.05) is 27.7 Å². The Labute approximate surface area is 142 Å². The van der Waals surface area contributed by atoms with Crippen molar-refractivity contribution in [1.82, 2.24) is 5.32 Å². The first-order valence-electron chi connectivity index (χ1n) is 8.06. The quantitative estimate of drug-likeness (QED) is 0.714.